The normalized spacial score (nSPS) is 11.0. The van der Waals surface area contributed by atoms with Gasteiger partial charge < -0.3 is 10.6 Å². The SMILES string of the molecule is CN=C(NCc1cc(C#N)ccc1F)NCc1ccc(Cl)cc1Cl. The number of hydrogen-bond donors (Lipinski definition) is 2. The highest BCUT2D eigenvalue weighted by Gasteiger charge is 2.06. The summed E-state index contributed by atoms with van der Waals surface area (Å²) in [5.74, 6) is 0.112. The van der Waals surface area contributed by atoms with Crippen molar-refractivity contribution in [3.63, 3.8) is 0 Å². The van der Waals surface area contributed by atoms with E-state index in [2.05, 4.69) is 15.6 Å². The summed E-state index contributed by atoms with van der Waals surface area (Å²) in [6.45, 7) is 0.645. The van der Waals surface area contributed by atoms with Gasteiger partial charge in [0.05, 0.1) is 11.6 Å². The molecule has 0 bridgehead atoms. The maximum absolute atomic E-state index is 13.8. The topological polar surface area (TPSA) is 60.2 Å². The lowest BCUT2D eigenvalue weighted by molar-refractivity contribution is 0.604. The first-order valence-electron chi connectivity index (χ1n) is 7.10. The van der Waals surface area contributed by atoms with Gasteiger partial charge >= 0.3 is 0 Å². The van der Waals surface area contributed by atoms with Gasteiger partial charge in [-0.3, -0.25) is 4.99 Å². The lowest BCUT2D eigenvalue weighted by atomic mass is 10.1. The molecule has 2 aromatic rings. The minimum absolute atomic E-state index is 0.204. The molecule has 24 heavy (non-hydrogen) atoms. The average molecular weight is 365 g/mol. The molecular weight excluding hydrogens is 350 g/mol. The van der Waals surface area contributed by atoms with Gasteiger partial charge in [-0.1, -0.05) is 29.3 Å². The first-order chi connectivity index (χ1) is 11.5. The van der Waals surface area contributed by atoms with Gasteiger partial charge in [0.1, 0.15) is 5.82 Å². The van der Waals surface area contributed by atoms with Crippen LogP contribution in [0, 0.1) is 17.1 Å². The van der Waals surface area contributed by atoms with Crippen LogP contribution in [0.4, 0.5) is 4.39 Å². The average Bonchev–Trinajstić information content (AvgIpc) is 2.57. The van der Waals surface area contributed by atoms with Gasteiger partial charge in [0.2, 0.25) is 0 Å². The molecule has 0 fully saturated rings. The number of guanidine groups is 1. The van der Waals surface area contributed by atoms with E-state index in [1.807, 2.05) is 12.1 Å². The second-order valence-corrected chi connectivity index (χ2v) is 5.78. The number of rotatable bonds is 4. The van der Waals surface area contributed by atoms with E-state index < -0.39 is 0 Å². The summed E-state index contributed by atoms with van der Waals surface area (Å²) in [6.07, 6.45) is 0. The largest absolute Gasteiger partial charge is 0.352 e. The van der Waals surface area contributed by atoms with Gasteiger partial charge in [0.25, 0.3) is 0 Å². The zero-order chi connectivity index (χ0) is 17.5. The maximum Gasteiger partial charge on any atom is 0.191 e. The van der Waals surface area contributed by atoms with Gasteiger partial charge in [-0.15, -0.1) is 0 Å². The van der Waals surface area contributed by atoms with Crippen molar-refractivity contribution >= 4 is 29.2 Å². The lowest BCUT2D eigenvalue weighted by Crippen LogP contribution is -2.36. The van der Waals surface area contributed by atoms with Crippen LogP contribution in [0.3, 0.4) is 0 Å². The predicted octanol–water partition coefficient (Wildman–Crippen LogP) is 3.87. The minimum atomic E-state index is -0.377. The van der Waals surface area contributed by atoms with Crippen LogP contribution in [0.5, 0.6) is 0 Å². The molecule has 2 rings (SSSR count). The van der Waals surface area contributed by atoms with E-state index in [1.165, 1.54) is 18.2 Å². The monoisotopic (exact) mass is 364 g/mol. The molecule has 0 radical (unpaired) electrons. The molecule has 2 aromatic carbocycles. The van der Waals surface area contributed by atoms with Crippen LogP contribution in [-0.2, 0) is 13.1 Å². The molecule has 2 N–H and O–H groups in total. The lowest BCUT2D eigenvalue weighted by Gasteiger charge is -2.13. The van der Waals surface area contributed by atoms with Crippen molar-refractivity contribution in [2.75, 3.05) is 7.05 Å². The Morgan fingerprint density at radius 2 is 1.83 bits per heavy atom. The number of nitrogens with one attached hydrogen (secondary N) is 2. The van der Waals surface area contributed by atoms with Crippen molar-refractivity contribution in [1.82, 2.24) is 10.6 Å². The predicted molar refractivity (Wildman–Crippen MR) is 94.6 cm³/mol. The Balaban J connectivity index is 1.97. The Morgan fingerprint density at radius 3 is 2.46 bits per heavy atom. The third-order valence-electron chi connectivity index (χ3n) is 3.31. The highest BCUT2D eigenvalue weighted by molar-refractivity contribution is 6.35. The smallest absolute Gasteiger partial charge is 0.191 e. The van der Waals surface area contributed by atoms with Crippen LogP contribution in [0.25, 0.3) is 0 Å². The van der Waals surface area contributed by atoms with Gasteiger partial charge in [0.15, 0.2) is 5.96 Å². The van der Waals surface area contributed by atoms with Crippen molar-refractivity contribution in [1.29, 1.82) is 5.26 Å². The number of hydrogen-bond acceptors (Lipinski definition) is 2. The number of nitrogens with zero attached hydrogens (tertiary/aromatic N) is 2. The standard InChI is InChI=1S/C17H15Cl2FN4/c1-22-17(23-9-12-3-4-14(18)7-15(12)19)24-10-13-6-11(8-21)2-5-16(13)20/h2-7H,9-10H2,1H3,(H2,22,23,24). The molecule has 7 heteroatoms. The van der Waals surface area contributed by atoms with Crippen molar-refractivity contribution < 1.29 is 4.39 Å². The summed E-state index contributed by atoms with van der Waals surface area (Å²) in [7, 11) is 1.61. The second-order valence-electron chi connectivity index (χ2n) is 4.93. The molecule has 0 heterocycles. The zero-order valence-electron chi connectivity index (χ0n) is 12.9. The molecule has 0 unspecified atom stereocenters. The number of benzene rings is 2. The fourth-order valence-electron chi connectivity index (χ4n) is 2.02. The molecular formula is C17H15Cl2FN4. The maximum atomic E-state index is 13.8. The Labute approximate surface area is 149 Å². The van der Waals surface area contributed by atoms with Crippen LogP contribution in [-0.4, -0.2) is 13.0 Å². The van der Waals surface area contributed by atoms with Gasteiger partial charge in [0, 0.05) is 35.7 Å². The molecule has 0 amide bonds. The highest BCUT2D eigenvalue weighted by atomic mass is 35.5. The van der Waals surface area contributed by atoms with Crippen molar-refractivity contribution in [3.05, 3.63) is 69.0 Å². The summed E-state index contributed by atoms with van der Waals surface area (Å²) in [6, 6.07) is 11.4. The molecule has 0 saturated heterocycles. The van der Waals surface area contributed by atoms with Crippen LogP contribution in [0.15, 0.2) is 41.4 Å². The third kappa shape index (κ3) is 4.85. The van der Waals surface area contributed by atoms with Crippen LogP contribution in [0.1, 0.15) is 16.7 Å². The van der Waals surface area contributed by atoms with Crippen molar-refractivity contribution in [3.8, 4) is 6.07 Å². The highest BCUT2D eigenvalue weighted by Crippen LogP contribution is 2.20. The molecule has 0 aliphatic carbocycles. The molecule has 0 saturated carbocycles. The van der Waals surface area contributed by atoms with Crippen molar-refractivity contribution in [2.24, 2.45) is 4.99 Å². The van der Waals surface area contributed by atoms with E-state index in [-0.39, 0.29) is 12.4 Å². The zero-order valence-corrected chi connectivity index (χ0v) is 14.4. The third-order valence-corrected chi connectivity index (χ3v) is 3.89. The Morgan fingerprint density at radius 1 is 1.12 bits per heavy atom. The minimum Gasteiger partial charge on any atom is -0.352 e. The summed E-state index contributed by atoms with van der Waals surface area (Å²) in [5, 5.41) is 16.1. The first-order valence-corrected chi connectivity index (χ1v) is 7.86. The van der Waals surface area contributed by atoms with Gasteiger partial charge in [-0.2, -0.15) is 5.26 Å². The molecule has 0 aliphatic rings. The Hall–Kier alpha value is -2.29. The van der Waals surface area contributed by atoms with E-state index in [0.717, 1.165) is 5.56 Å². The molecule has 0 spiro atoms. The molecule has 0 aliphatic heterocycles. The number of halogens is 3. The molecule has 124 valence electrons. The number of aliphatic imine (C=N–C) groups is 1. The van der Waals surface area contributed by atoms with Gasteiger partial charge in [-0.05, 0) is 35.9 Å². The van der Waals surface area contributed by atoms with E-state index in [9.17, 15) is 4.39 Å². The Kier molecular flexibility index (Phi) is 6.42. The van der Waals surface area contributed by atoms with Crippen LogP contribution >= 0.6 is 23.2 Å². The summed E-state index contributed by atoms with van der Waals surface area (Å²) >= 11 is 12.0. The summed E-state index contributed by atoms with van der Waals surface area (Å²) < 4.78 is 13.8. The fraction of sp³-hybridized carbons (Fsp3) is 0.176. The summed E-state index contributed by atoms with van der Waals surface area (Å²) in [5.41, 5.74) is 1.66. The van der Waals surface area contributed by atoms with Crippen molar-refractivity contribution in [2.45, 2.75) is 13.1 Å². The van der Waals surface area contributed by atoms with E-state index in [1.54, 1.807) is 19.2 Å². The summed E-state index contributed by atoms with van der Waals surface area (Å²) in [4.78, 5) is 4.08. The molecule has 0 aromatic heterocycles. The van der Waals surface area contributed by atoms with Gasteiger partial charge in [-0.25, -0.2) is 4.39 Å². The van der Waals surface area contributed by atoms with Crippen LogP contribution in [0.2, 0.25) is 10.0 Å². The first kappa shape index (κ1) is 18.1. The second kappa shape index (κ2) is 8.53. The quantitative estimate of drug-likeness (QED) is 0.639. The Bertz CT molecular complexity index is 800. The van der Waals surface area contributed by atoms with E-state index in [4.69, 9.17) is 28.5 Å². The fourth-order valence-corrected chi connectivity index (χ4v) is 2.50. The van der Waals surface area contributed by atoms with E-state index in [0.29, 0.717) is 33.7 Å². The van der Waals surface area contributed by atoms with Crippen LogP contribution < -0.4 is 10.6 Å². The molecule has 4 nitrogen and oxygen atoms in total. The number of nitriles is 1. The van der Waals surface area contributed by atoms with E-state index >= 15 is 0 Å². The molecule has 0 atom stereocenters.